The monoisotopic (exact) mass is 204 g/mol. The van der Waals surface area contributed by atoms with Crippen LogP contribution < -0.4 is 0 Å². The Morgan fingerprint density at radius 2 is 2.30 bits per heavy atom. The molecule has 0 saturated heterocycles. The van der Waals surface area contributed by atoms with Gasteiger partial charge in [-0.05, 0) is 17.5 Å². The van der Waals surface area contributed by atoms with Crippen molar-refractivity contribution < 1.29 is 0 Å². The van der Waals surface area contributed by atoms with Gasteiger partial charge in [-0.15, -0.1) is 34.3 Å². The number of thiophene rings is 2. The number of fused-ring (bicyclic) bond motifs is 1. The van der Waals surface area contributed by atoms with E-state index in [1.807, 2.05) is 0 Å². The van der Waals surface area contributed by atoms with E-state index >= 15 is 0 Å². The molecule has 0 spiro atoms. The lowest BCUT2D eigenvalue weighted by atomic mass is 10.5. The lowest BCUT2D eigenvalue weighted by Gasteiger charge is -1.78. The third-order valence-corrected chi connectivity index (χ3v) is 4.85. The largest absolute Gasteiger partial charge is 0.143 e. The molecule has 4 heteroatoms. The summed E-state index contributed by atoms with van der Waals surface area (Å²) in [6.45, 7) is 0. The molecule has 0 saturated carbocycles. The molecular weight excluding hydrogens is 200 g/mol. The van der Waals surface area contributed by atoms with Gasteiger partial charge >= 0.3 is 0 Å². The van der Waals surface area contributed by atoms with Crippen molar-refractivity contribution >= 4 is 54.5 Å². The predicted molar refractivity (Wildman–Crippen MR) is 54.5 cm³/mol. The van der Waals surface area contributed by atoms with Gasteiger partial charge in [0, 0.05) is 9.40 Å². The van der Waals surface area contributed by atoms with Crippen LogP contribution in [0.5, 0.6) is 0 Å². The Morgan fingerprint density at radius 1 is 1.40 bits per heavy atom. The SMILES string of the molecule is SSc1cc2sccc2s1. The highest BCUT2D eigenvalue weighted by Crippen LogP contribution is 2.36. The first-order valence-electron chi connectivity index (χ1n) is 2.68. The highest BCUT2D eigenvalue weighted by molar-refractivity contribution is 8.69. The summed E-state index contributed by atoms with van der Waals surface area (Å²) in [5, 5.41) is 2.12. The van der Waals surface area contributed by atoms with E-state index in [0.29, 0.717) is 0 Å². The fraction of sp³-hybridized carbons (Fsp3) is 0. The van der Waals surface area contributed by atoms with Crippen LogP contribution >= 0.6 is 45.1 Å². The summed E-state index contributed by atoms with van der Waals surface area (Å²) >= 11 is 7.71. The van der Waals surface area contributed by atoms with Gasteiger partial charge in [0.15, 0.2) is 0 Å². The quantitative estimate of drug-likeness (QED) is 0.543. The van der Waals surface area contributed by atoms with Crippen LogP contribution in [0.25, 0.3) is 9.40 Å². The van der Waals surface area contributed by atoms with Gasteiger partial charge in [-0.25, -0.2) is 0 Å². The summed E-state index contributed by atoms with van der Waals surface area (Å²) in [6, 6.07) is 4.33. The van der Waals surface area contributed by atoms with Crippen LogP contribution in [-0.4, -0.2) is 0 Å². The second-order valence-electron chi connectivity index (χ2n) is 1.81. The molecule has 2 aromatic heterocycles. The van der Waals surface area contributed by atoms with Crippen molar-refractivity contribution in [3.8, 4) is 0 Å². The highest BCUT2D eigenvalue weighted by Gasteiger charge is 2.00. The molecule has 0 aromatic carbocycles. The van der Waals surface area contributed by atoms with Crippen molar-refractivity contribution in [2.45, 2.75) is 4.21 Å². The van der Waals surface area contributed by atoms with Crippen LogP contribution in [0, 0.1) is 0 Å². The lowest BCUT2D eigenvalue weighted by Crippen LogP contribution is -1.41. The maximum atomic E-state index is 4.13. The van der Waals surface area contributed by atoms with Crippen LogP contribution in [0.15, 0.2) is 21.7 Å². The predicted octanol–water partition coefficient (Wildman–Crippen LogP) is 3.90. The van der Waals surface area contributed by atoms with Gasteiger partial charge in [-0.2, -0.15) is 0 Å². The van der Waals surface area contributed by atoms with Gasteiger partial charge < -0.3 is 0 Å². The van der Waals surface area contributed by atoms with Crippen LogP contribution in [-0.2, 0) is 0 Å². The molecule has 0 bridgehead atoms. The topological polar surface area (TPSA) is 0 Å². The van der Waals surface area contributed by atoms with Gasteiger partial charge in [0.1, 0.15) is 0 Å². The Morgan fingerprint density at radius 3 is 3.00 bits per heavy atom. The van der Waals surface area contributed by atoms with E-state index in [-0.39, 0.29) is 0 Å². The first kappa shape index (κ1) is 7.03. The molecule has 0 amide bonds. The smallest absolute Gasteiger partial charge is 0.0724 e. The number of hydrogen-bond acceptors (Lipinski definition) is 4. The summed E-state index contributed by atoms with van der Waals surface area (Å²) in [5.74, 6) is 0. The Labute approximate surface area is 76.1 Å². The number of hydrogen-bond donors (Lipinski definition) is 1. The molecular formula is C6H4S4. The van der Waals surface area contributed by atoms with E-state index in [1.54, 1.807) is 22.7 Å². The molecule has 0 N–H and O–H groups in total. The van der Waals surface area contributed by atoms with Crippen molar-refractivity contribution in [2.24, 2.45) is 0 Å². The van der Waals surface area contributed by atoms with E-state index in [2.05, 4.69) is 29.2 Å². The lowest BCUT2D eigenvalue weighted by molar-refractivity contribution is 1.82. The van der Waals surface area contributed by atoms with Gasteiger partial charge in [0.25, 0.3) is 0 Å². The fourth-order valence-corrected chi connectivity index (χ4v) is 3.79. The molecule has 0 fully saturated rings. The molecule has 0 aliphatic heterocycles. The number of thiol groups is 1. The molecule has 2 heterocycles. The average Bonchev–Trinajstić information content (AvgIpc) is 2.42. The molecule has 0 radical (unpaired) electrons. The summed E-state index contributed by atoms with van der Waals surface area (Å²) in [5.41, 5.74) is 0. The summed E-state index contributed by atoms with van der Waals surface area (Å²) in [6.07, 6.45) is 0. The van der Waals surface area contributed by atoms with E-state index in [1.165, 1.54) is 24.4 Å². The maximum absolute atomic E-state index is 4.13. The van der Waals surface area contributed by atoms with Crippen LogP contribution in [0.3, 0.4) is 0 Å². The standard InChI is InChI=1S/C6H4S4/c7-10-6-3-5-4(9-6)1-2-8-5/h1-3,7H. The third kappa shape index (κ3) is 1.09. The first-order valence-corrected chi connectivity index (χ1v) is 6.25. The Kier molecular flexibility index (Phi) is 1.95. The highest BCUT2D eigenvalue weighted by atomic mass is 33.1. The second kappa shape index (κ2) is 2.77. The van der Waals surface area contributed by atoms with Crippen LogP contribution in [0.2, 0.25) is 0 Å². The van der Waals surface area contributed by atoms with Crippen LogP contribution in [0.1, 0.15) is 0 Å². The van der Waals surface area contributed by atoms with Crippen molar-refractivity contribution in [3.05, 3.63) is 17.5 Å². The minimum Gasteiger partial charge on any atom is -0.143 e. The first-order chi connectivity index (χ1) is 4.90. The molecule has 0 atom stereocenters. The zero-order valence-corrected chi connectivity index (χ0v) is 8.25. The van der Waals surface area contributed by atoms with E-state index in [0.717, 1.165) is 0 Å². The van der Waals surface area contributed by atoms with Crippen molar-refractivity contribution in [1.82, 2.24) is 0 Å². The minimum atomic E-state index is 1.28. The van der Waals surface area contributed by atoms with Crippen LogP contribution in [0.4, 0.5) is 0 Å². The van der Waals surface area contributed by atoms with Crippen molar-refractivity contribution in [1.29, 1.82) is 0 Å². The average molecular weight is 204 g/mol. The van der Waals surface area contributed by atoms with Gasteiger partial charge in [-0.1, -0.05) is 10.8 Å². The van der Waals surface area contributed by atoms with E-state index in [4.69, 9.17) is 0 Å². The fourth-order valence-electron chi connectivity index (χ4n) is 0.789. The van der Waals surface area contributed by atoms with Gasteiger partial charge in [-0.3, -0.25) is 0 Å². The Hall–Kier alpha value is 0.360. The van der Waals surface area contributed by atoms with Gasteiger partial charge in [0.2, 0.25) is 0 Å². The Bertz CT molecular complexity index is 303. The summed E-state index contributed by atoms with van der Waals surface area (Å²) in [7, 11) is 1.52. The molecule has 2 rings (SSSR count). The summed E-state index contributed by atoms with van der Waals surface area (Å²) in [4.78, 5) is 0. The third-order valence-electron chi connectivity index (χ3n) is 1.21. The molecule has 0 aliphatic rings. The maximum Gasteiger partial charge on any atom is 0.0724 e. The van der Waals surface area contributed by atoms with E-state index < -0.39 is 0 Å². The molecule has 0 nitrogen and oxygen atoms in total. The molecule has 0 aliphatic carbocycles. The Balaban J connectivity index is 2.67. The minimum absolute atomic E-state index is 1.28. The zero-order chi connectivity index (χ0) is 6.97. The molecule has 2 aromatic rings. The van der Waals surface area contributed by atoms with Crippen molar-refractivity contribution in [2.75, 3.05) is 0 Å². The normalized spacial score (nSPS) is 10.9. The zero-order valence-electron chi connectivity index (χ0n) is 4.90. The van der Waals surface area contributed by atoms with E-state index in [9.17, 15) is 0 Å². The van der Waals surface area contributed by atoms with Crippen molar-refractivity contribution in [3.63, 3.8) is 0 Å². The molecule has 0 unspecified atom stereocenters. The number of rotatable bonds is 1. The molecule has 52 valence electrons. The second-order valence-corrected chi connectivity index (χ2v) is 5.27. The molecule has 10 heavy (non-hydrogen) atoms. The summed E-state index contributed by atoms with van der Waals surface area (Å²) < 4.78 is 4.04. The van der Waals surface area contributed by atoms with Gasteiger partial charge in [0.05, 0.1) is 4.21 Å².